The molecule has 10 aromatic rings. The Bertz CT molecular complexity index is 3430. The smallest absolute Gasteiger partial charge is 0.140 e. The second-order valence-corrected chi connectivity index (χ2v) is 13.5. The van der Waals surface area contributed by atoms with Gasteiger partial charge in [-0.1, -0.05) is 158 Å². The molecule has 0 aliphatic heterocycles. The molecule has 53 heavy (non-hydrogen) atoms. The molecule has 2 heteroatoms. The van der Waals surface area contributed by atoms with Gasteiger partial charge in [0, 0.05) is 33.1 Å². The van der Waals surface area contributed by atoms with Gasteiger partial charge in [0.15, 0.2) is 0 Å². The van der Waals surface area contributed by atoms with Gasteiger partial charge in [0.1, 0.15) is 11.2 Å². The van der Waals surface area contributed by atoms with Crippen molar-refractivity contribution >= 4 is 60.5 Å². The first-order chi connectivity index (χ1) is 29.2. The molecule has 1 heterocycles. The zero-order valence-corrected chi connectivity index (χ0v) is 28.4. The Labute approximate surface area is 317 Å². The molecule has 0 amide bonds. The molecule has 1 aliphatic rings. The number of fused-ring (bicyclic) bond motifs is 8. The van der Waals surface area contributed by atoms with Crippen LogP contribution in [-0.4, -0.2) is 0 Å². The van der Waals surface area contributed by atoms with Crippen LogP contribution in [0, 0.1) is 0 Å². The number of furan rings is 1. The number of rotatable bonds is 5. The van der Waals surface area contributed by atoms with Gasteiger partial charge >= 0.3 is 0 Å². The molecule has 0 radical (unpaired) electrons. The quantitative estimate of drug-likeness (QED) is 0.180. The maximum Gasteiger partial charge on any atom is 0.140 e. The summed E-state index contributed by atoms with van der Waals surface area (Å²) in [4.78, 5) is 2.24. The average molecular weight is 683 g/mol. The molecule has 1 aromatic heterocycles. The maximum atomic E-state index is 10.0. The van der Waals surface area contributed by atoms with Crippen LogP contribution in [0.25, 0.3) is 54.6 Å². The second-order valence-electron chi connectivity index (χ2n) is 13.5. The van der Waals surface area contributed by atoms with Crippen molar-refractivity contribution in [3.8, 4) is 11.1 Å². The summed E-state index contributed by atoms with van der Waals surface area (Å²) in [5, 5.41) is 3.70. The van der Waals surface area contributed by atoms with Crippen molar-refractivity contribution in [1.82, 2.24) is 0 Å². The fourth-order valence-electron chi connectivity index (χ4n) is 8.52. The maximum absolute atomic E-state index is 10.0. The van der Waals surface area contributed by atoms with Gasteiger partial charge in [-0.25, -0.2) is 0 Å². The monoisotopic (exact) mass is 682 g/mol. The molecule has 0 saturated heterocycles. The third-order valence-corrected chi connectivity index (χ3v) is 10.7. The van der Waals surface area contributed by atoms with E-state index in [2.05, 4.69) is 65.6 Å². The van der Waals surface area contributed by atoms with E-state index < -0.39 is 29.6 Å². The zero-order chi connectivity index (χ0) is 41.0. The summed E-state index contributed by atoms with van der Waals surface area (Å²) in [6.45, 7) is 0. The predicted molar refractivity (Wildman–Crippen MR) is 221 cm³/mol. The van der Waals surface area contributed by atoms with Gasteiger partial charge in [-0.15, -0.1) is 0 Å². The summed E-state index contributed by atoms with van der Waals surface area (Å²) in [5.41, 5.74) is 6.69. The van der Waals surface area contributed by atoms with Crippen LogP contribution in [0.15, 0.2) is 204 Å². The summed E-state index contributed by atoms with van der Waals surface area (Å²) in [5.74, 6) is 0. The van der Waals surface area contributed by atoms with E-state index in [0.717, 1.165) is 60.9 Å². The topological polar surface area (TPSA) is 16.4 Å². The van der Waals surface area contributed by atoms with Crippen LogP contribution in [0.5, 0.6) is 0 Å². The molecule has 11 rings (SSSR count). The number of benzene rings is 9. The summed E-state index contributed by atoms with van der Waals surface area (Å²) in [6, 6.07) is 50.0. The Morgan fingerprint density at radius 2 is 1.17 bits per heavy atom. The molecule has 0 fully saturated rings. The molecule has 0 saturated carbocycles. The number of hydrogen-bond acceptors (Lipinski definition) is 2. The molecule has 0 N–H and O–H groups in total. The molecule has 248 valence electrons. The second kappa shape index (κ2) is 11.6. The third-order valence-electron chi connectivity index (χ3n) is 10.7. The van der Waals surface area contributed by atoms with E-state index in [1.54, 1.807) is 0 Å². The zero-order valence-electron chi connectivity index (χ0n) is 35.4. The standard InChI is InChI=1S/C51H33NO/c1-2-18-38(19-3-1)52(48-26-12-17-35-15-6-7-20-40(35)48)39-30-31-46-44(33-39)41-21-8-10-24-45(41)51(46,37-29-28-34-14-4-5-16-36(34)32-37)47-25-13-23-43-42-22-9-11-27-49(42)53-50(43)47/h1-33H/i4D,5D,14D,16D,28D,29D,32D. The van der Waals surface area contributed by atoms with E-state index in [-0.39, 0.29) is 34.5 Å². The van der Waals surface area contributed by atoms with Crippen molar-refractivity contribution in [3.05, 3.63) is 222 Å². The van der Waals surface area contributed by atoms with Crippen molar-refractivity contribution in [2.75, 3.05) is 4.90 Å². The van der Waals surface area contributed by atoms with Gasteiger partial charge in [-0.2, -0.15) is 0 Å². The Hall–Kier alpha value is -6.90. The first-order valence-electron chi connectivity index (χ1n) is 21.2. The molecular formula is C51H33NO. The van der Waals surface area contributed by atoms with Crippen LogP contribution >= 0.6 is 0 Å². The number of anilines is 3. The van der Waals surface area contributed by atoms with Crippen molar-refractivity contribution in [2.45, 2.75) is 5.41 Å². The van der Waals surface area contributed by atoms with Gasteiger partial charge in [0.05, 0.1) is 20.7 Å². The highest BCUT2D eigenvalue weighted by molar-refractivity contribution is 6.07. The largest absolute Gasteiger partial charge is 0.456 e. The summed E-state index contributed by atoms with van der Waals surface area (Å²) >= 11 is 0. The van der Waals surface area contributed by atoms with E-state index in [1.807, 2.05) is 97.1 Å². The lowest BCUT2D eigenvalue weighted by Gasteiger charge is -2.34. The van der Waals surface area contributed by atoms with Crippen molar-refractivity contribution < 1.29 is 14.0 Å². The highest BCUT2D eigenvalue weighted by atomic mass is 16.3. The highest BCUT2D eigenvalue weighted by Crippen LogP contribution is 2.59. The van der Waals surface area contributed by atoms with E-state index >= 15 is 0 Å². The molecule has 9 aromatic carbocycles. The van der Waals surface area contributed by atoms with Gasteiger partial charge < -0.3 is 9.32 Å². The van der Waals surface area contributed by atoms with Gasteiger partial charge in [0.25, 0.3) is 0 Å². The van der Waals surface area contributed by atoms with E-state index in [4.69, 9.17) is 9.90 Å². The number of nitrogens with zero attached hydrogens (tertiary/aromatic N) is 1. The van der Waals surface area contributed by atoms with Crippen molar-refractivity contribution in [1.29, 1.82) is 0 Å². The third kappa shape index (κ3) is 4.33. The Morgan fingerprint density at radius 3 is 2.09 bits per heavy atom. The van der Waals surface area contributed by atoms with Crippen LogP contribution in [-0.2, 0) is 5.41 Å². The molecule has 0 spiro atoms. The van der Waals surface area contributed by atoms with E-state index in [1.165, 1.54) is 0 Å². The van der Waals surface area contributed by atoms with Crippen LogP contribution in [0.3, 0.4) is 0 Å². The number of para-hydroxylation sites is 3. The van der Waals surface area contributed by atoms with Crippen molar-refractivity contribution in [2.24, 2.45) is 0 Å². The van der Waals surface area contributed by atoms with Gasteiger partial charge in [0.2, 0.25) is 0 Å². The summed E-state index contributed by atoms with van der Waals surface area (Å²) in [7, 11) is 0. The minimum Gasteiger partial charge on any atom is -0.456 e. The molecule has 2 nitrogen and oxygen atoms in total. The summed E-state index contributed by atoms with van der Waals surface area (Å²) in [6.07, 6.45) is 0. The SMILES string of the molecule is [2H]c1c([2H])c([2H])c2c([2H])c(C3(c4cccc5c4oc4ccccc45)c4ccccc4-c4cc(N(c5ccccc5)c5cccc6ccccc56)ccc43)c([2H])c([2H])c2c1[2H]. The first kappa shape index (κ1) is 23.6. The van der Waals surface area contributed by atoms with Gasteiger partial charge in [-0.05, 0) is 86.4 Å². The molecule has 0 bridgehead atoms. The molecule has 1 unspecified atom stereocenters. The average Bonchev–Trinajstić information content (AvgIpc) is 3.81. The lowest BCUT2D eigenvalue weighted by atomic mass is 9.67. The Balaban J connectivity index is 1.30. The van der Waals surface area contributed by atoms with Crippen LogP contribution < -0.4 is 4.90 Å². The minimum atomic E-state index is -1.44. The fraction of sp³-hybridized carbons (Fsp3) is 0.0196. The molecule has 1 atom stereocenters. The molecule has 1 aliphatic carbocycles. The van der Waals surface area contributed by atoms with Crippen molar-refractivity contribution in [3.63, 3.8) is 0 Å². The Morgan fingerprint density at radius 1 is 0.472 bits per heavy atom. The van der Waals surface area contributed by atoms with E-state index in [9.17, 15) is 4.11 Å². The van der Waals surface area contributed by atoms with E-state index in [0.29, 0.717) is 16.7 Å². The lowest BCUT2D eigenvalue weighted by Crippen LogP contribution is -2.29. The van der Waals surface area contributed by atoms with Crippen LogP contribution in [0.2, 0.25) is 0 Å². The molecular weight excluding hydrogens is 643 g/mol. The van der Waals surface area contributed by atoms with Crippen LogP contribution in [0.4, 0.5) is 17.1 Å². The number of hydrogen-bond donors (Lipinski definition) is 0. The lowest BCUT2D eigenvalue weighted by molar-refractivity contribution is 0.648. The normalized spacial score (nSPS) is 16.7. The van der Waals surface area contributed by atoms with Gasteiger partial charge in [-0.3, -0.25) is 0 Å². The van der Waals surface area contributed by atoms with Crippen LogP contribution in [0.1, 0.15) is 31.8 Å². The summed E-state index contributed by atoms with van der Waals surface area (Å²) < 4.78 is 71.1. The highest BCUT2D eigenvalue weighted by Gasteiger charge is 2.48. The Kier molecular flexibility index (Phi) is 5.14. The first-order valence-corrected chi connectivity index (χ1v) is 17.7. The predicted octanol–water partition coefficient (Wildman–Crippen LogP) is 13.7. The minimum absolute atomic E-state index is 0.0954. The fourth-order valence-corrected chi connectivity index (χ4v) is 8.52.